The van der Waals surface area contributed by atoms with Crippen LogP contribution in [0.4, 0.5) is 10.7 Å². The number of carbonyl (C=O) groups is 1. The monoisotopic (exact) mass is 430 g/mol. The summed E-state index contributed by atoms with van der Waals surface area (Å²) in [6.45, 7) is 1.26. The summed E-state index contributed by atoms with van der Waals surface area (Å²) < 4.78 is 23.0. The molecule has 0 bridgehead atoms. The fourth-order valence-corrected chi connectivity index (χ4v) is 5.87. The molecule has 0 spiro atoms. The van der Waals surface area contributed by atoms with Crippen LogP contribution in [0.2, 0.25) is 0 Å². The van der Waals surface area contributed by atoms with E-state index in [1.165, 1.54) is 22.3 Å². The summed E-state index contributed by atoms with van der Waals surface area (Å²) in [5.41, 5.74) is 3.60. The van der Waals surface area contributed by atoms with Gasteiger partial charge >= 0.3 is 0 Å². The normalized spacial score (nSPS) is 15.5. The van der Waals surface area contributed by atoms with Crippen molar-refractivity contribution >= 4 is 38.0 Å². The summed E-state index contributed by atoms with van der Waals surface area (Å²) in [7, 11) is -3.72. The smallest absolute Gasteiger partial charge is 0.238 e. The third-order valence-corrected chi connectivity index (χ3v) is 7.63. The van der Waals surface area contributed by atoms with Gasteiger partial charge in [-0.3, -0.25) is 4.79 Å². The Morgan fingerprint density at radius 1 is 1.28 bits per heavy atom. The van der Waals surface area contributed by atoms with Gasteiger partial charge in [-0.2, -0.15) is 5.26 Å². The van der Waals surface area contributed by atoms with Crippen LogP contribution in [0.5, 0.6) is 0 Å². The molecule has 1 aromatic carbocycles. The maximum atomic E-state index is 12.5. The summed E-state index contributed by atoms with van der Waals surface area (Å²) in [5.74, 6) is -0.116. The molecule has 0 atom stereocenters. The van der Waals surface area contributed by atoms with E-state index in [4.69, 9.17) is 5.14 Å². The predicted molar refractivity (Wildman–Crippen MR) is 113 cm³/mol. The van der Waals surface area contributed by atoms with Gasteiger partial charge in [0.15, 0.2) is 0 Å². The van der Waals surface area contributed by atoms with Crippen LogP contribution in [0.3, 0.4) is 0 Å². The molecule has 1 aromatic heterocycles. The van der Waals surface area contributed by atoms with E-state index < -0.39 is 10.0 Å². The number of nitrogens with one attached hydrogen (secondary N) is 1. The Morgan fingerprint density at radius 2 is 2.07 bits per heavy atom. The van der Waals surface area contributed by atoms with E-state index in [1.54, 1.807) is 12.1 Å². The molecule has 0 fully saturated rings. The van der Waals surface area contributed by atoms with E-state index in [9.17, 15) is 18.5 Å². The van der Waals surface area contributed by atoms with Gasteiger partial charge in [-0.1, -0.05) is 0 Å². The zero-order valence-corrected chi connectivity index (χ0v) is 17.5. The first-order valence-corrected chi connectivity index (χ1v) is 12.0. The number of amides is 1. The van der Waals surface area contributed by atoms with Crippen LogP contribution in [0.25, 0.3) is 0 Å². The number of rotatable bonds is 5. The van der Waals surface area contributed by atoms with Crippen molar-refractivity contribution in [2.75, 3.05) is 23.3 Å². The molecule has 2 heterocycles. The number of sulfonamides is 1. The van der Waals surface area contributed by atoms with Crippen molar-refractivity contribution in [1.29, 1.82) is 5.26 Å². The Kier molecular flexibility index (Phi) is 5.34. The molecule has 0 unspecified atom stereocenters. The van der Waals surface area contributed by atoms with Gasteiger partial charge in [0.05, 0.1) is 10.5 Å². The van der Waals surface area contributed by atoms with Crippen LogP contribution in [0.1, 0.15) is 40.8 Å². The average molecular weight is 431 g/mol. The number of aryl methyl sites for hydroxylation is 1. The lowest BCUT2D eigenvalue weighted by Gasteiger charge is -2.19. The number of carbonyl (C=O) groups excluding carboxylic acids is 1. The quantitative estimate of drug-likeness (QED) is 0.756. The number of nitrogens with zero attached hydrogens (tertiary/aromatic N) is 2. The molecule has 152 valence electrons. The van der Waals surface area contributed by atoms with Crippen molar-refractivity contribution in [2.24, 2.45) is 5.14 Å². The second-order valence-corrected chi connectivity index (χ2v) is 10.1. The fourth-order valence-electron chi connectivity index (χ4n) is 4.05. The summed E-state index contributed by atoms with van der Waals surface area (Å²) in [6, 6.07) is 7.13. The molecular weight excluding hydrogens is 408 g/mol. The molecule has 0 radical (unpaired) electrons. The lowest BCUT2D eigenvalue weighted by atomic mass is 9.96. The fraction of sp³-hybridized carbons (Fsp3) is 0.400. The minimum Gasteiger partial charge on any atom is -0.370 e. The molecule has 2 aromatic rings. The number of primary sulfonamides is 1. The summed E-state index contributed by atoms with van der Waals surface area (Å²) in [4.78, 5) is 15.9. The zero-order valence-electron chi connectivity index (χ0n) is 15.9. The SMILES string of the molecule is N#Cc1c(NC(=O)CCN2CCc3cc(S(N)(=O)=O)ccc32)sc2c1CCCC2. The van der Waals surface area contributed by atoms with Gasteiger partial charge in [-0.15, -0.1) is 11.3 Å². The predicted octanol–water partition coefficient (Wildman–Crippen LogP) is 2.54. The zero-order chi connectivity index (χ0) is 20.6. The van der Waals surface area contributed by atoms with Crippen LogP contribution in [-0.2, 0) is 34.1 Å². The van der Waals surface area contributed by atoms with Gasteiger partial charge in [-0.05, 0) is 61.4 Å². The van der Waals surface area contributed by atoms with Gasteiger partial charge in [0.25, 0.3) is 0 Å². The molecule has 9 heteroatoms. The highest BCUT2D eigenvalue weighted by molar-refractivity contribution is 7.89. The molecule has 7 nitrogen and oxygen atoms in total. The number of anilines is 2. The molecule has 3 N–H and O–H groups in total. The largest absolute Gasteiger partial charge is 0.370 e. The van der Waals surface area contributed by atoms with Crippen LogP contribution >= 0.6 is 11.3 Å². The first kappa shape index (κ1) is 19.9. The standard InChI is InChI=1S/C20H22N4O3S2/c21-12-16-15-3-1-2-4-18(15)28-20(16)23-19(25)8-10-24-9-7-13-11-14(29(22,26)27)5-6-17(13)24/h5-6,11H,1-4,7-10H2,(H,23,25)(H2,22,26,27). The highest BCUT2D eigenvalue weighted by Crippen LogP contribution is 2.37. The molecule has 4 rings (SSSR count). The van der Waals surface area contributed by atoms with Gasteiger partial charge < -0.3 is 10.2 Å². The molecule has 29 heavy (non-hydrogen) atoms. The maximum absolute atomic E-state index is 12.5. The van der Waals surface area contributed by atoms with E-state index in [2.05, 4.69) is 16.3 Å². The number of hydrogen-bond acceptors (Lipinski definition) is 6. The Hall–Kier alpha value is -2.41. The Labute approximate surface area is 174 Å². The van der Waals surface area contributed by atoms with Gasteiger partial charge in [0.1, 0.15) is 11.1 Å². The topological polar surface area (TPSA) is 116 Å². The molecule has 1 aliphatic carbocycles. The molecule has 1 aliphatic heterocycles. The van der Waals surface area contributed by atoms with E-state index in [0.29, 0.717) is 23.5 Å². The van der Waals surface area contributed by atoms with Gasteiger partial charge in [-0.25, -0.2) is 13.6 Å². The highest BCUT2D eigenvalue weighted by atomic mass is 32.2. The van der Waals surface area contributed by atoms with Crippen LogP contribution in [0.15, 0.2) is 23.1 Å². The van der Waals surface area contributed by atoms with Crippen molar-refractivity contribution < 1.29 is 13.2 Å². The minimum absolute atomic E-state index is 0.113. The van der Waals surface area contributed by atoms with Gasteiger partial charge in [0.2, 0.25) is 15.9 Å². The van der Waals surface area contributed by atoms with Crippen molar-refractivity contribution in [3.63, 3.8) is 0 Å². The van der Waals surface area contributed by atoms with Crippen LogP contribution in [0, 0.1) is 11.3 Å². The average Bonchev–Trinajstić information content (AvgIpc) is 3.25. The lowest BCUT2D eigenvalue weighted by Crippen LogP contribution is -2.26. The number of fused-ring (bicyclic) bond motifs is 2. The van der Waals surface area contributed by atoms with Crippen molar-refractivity contribution in [1.82, 2.24) is 0 Å². The first-order chi connectivity index (χ1) is 13.9. The Morgan fingerprint density at radius 3 is 2.83 bits per heavy atom. The minimum atomic E-state index is -3.72. The van der Waals surface area contributed by atoms with Crippen molar-refractivity contribution in [2.45, 2.75) is 43.4 Å². The molecule has 1 amide bonds. The first-order valence-electron chi connectivity index (χ1n) is 9.62. The molecule has 0 saturated carbocycles. The highest BCUT2D eigenvalue weighted by Gasteiger charge is 2.24. The molecule has 0 saturated heterocycles. The van der Waals surface area contributed by atoms with Gasteiger partial charge in [0, 0.05) is 30.1 Å². The number of nitrogens with two attached hydrogens (primary N) is 1. The second kappa shape index (κ2) is 7.78. The number of benzene rings is 1. The van der Waals surface area contributed by atoms with Crippen LogP contribution in [-0.4, -0.2) is 27.4 Å². The maximum Gasteiger partial charge on any atom is 0.238 e. The van der Waals surface area contributed by atoms with E-state index in [1.807, 2.05) is 0 Å². The Balaban J connectivity index is 1.41. The number of hydrogen-bond donors (Lipinski definition) is 2. The van der Waals surface area contributed by atoms with Crippen LogP contribution < -0.4 is 15.4 Å². The molecule has 2 aliphatic rings. The summed E-state index contributed by atoms with van der Waals surface area (Å²) >= 11 is 1.53. The summed E-state index contributed by atoms with van der Waals surface area (Å²) in [6.07, 6.45) is 5.13. The Bertz CT molecular complexity index is 1120. The van der Waals surface area contributed by atoms with Crippen molar-refractivity contribution in [3.05, 3.63) is 39.8 Å². The summed E-state index contributed by atoms with van der Waals surface area (Å²) in [5, 5.41) is 18.3. The third-order valence-electron chi connectivity index (χ3n) is 5.52. The lowest BCUT2D eigenvalue weighted by molar-refractivity contribution is -0.116. The van der Waals surface area contributed by atoms with E-state index in [0.717, 1.165) is 55.5 Å². The van der Waals surface area contributed by atoms with E-state index >= 15 is 0 Å². The molecular formula is C20H22N4O3S2. The number of nitriles is 1. The van der Waals surface area contributed by atoms with Crippen molar-refractivity contribution in [3.8, 4) is 6.07 Å². The number of thiophene rings is 1. The second-order valence-electron chi connectivity index (χ2n) is 7.40. The van der Waals surface area contributed by atoms with E-state index in [-0.39, 0.29) is 10.8 Å². The third kappa shape index (κ3) is 4.01.